The van der Waals surface area contributed by atoms with E-state index in [1.807, 2.05) is 24.4 Å². The number of hydrogen-bond acceptors (Lipinski definition) is 4. The topological polar surface area (TPSA) is 37.4 Å². The molecule has 1 saturated heterocycles. The molecule has 0 saturated carbocycles. The third-order valence-corrected chi connectivity index (χ3v) is 4.57. The summed E-state index contributed by atoms with van der Waals surface area (Å²) < 4.78 is 5.58. The number of morpholine rings is 1. The normalized spacial score (nSPS) is 19.3. The summed E-state index contributed by atoms with van der Waals surface area (Å²) in [5.41, 5.74) is 2.36. The van der Waals surface area contributed by atoms with Crippen molar-refractivity contribution < 1.29 is 4.74 Å². The molecule has 2 aromatic rings. The van der Waals surface area contributed by atoms with Gasteiger partial charge in [0.1, 0.15) is 5.82 Å². The second kappa shape index (κ2) is 7.97. The predicted octanol–water partition coefficient (Wildman–Crippen LogP) is 3.81. The second-order valence-corrected chi connectivity index (χ2v) is 6.75. The van der Waals surface area contributed by atoms with Gasteiger partial charge in [-0.1, -0.05) is 29.8 Å². The number of halogens is 1. The van der Waals surface area contributed by atoms with Crippen LogP contribution in [0.15, 0.2) is 42.6 Å². The molecule has 5 heteroatoms. The van der Waals surface area contributed by atoms with Crippen molar-refractivity contribution in [1.82, 2.24) is 10.3 Å². The van der Waals surface area contributed by atoms with Gasteiger partial charge in [-0.15, -0.1) is 0 Å². The quantitative estimate of drug-likeness (QED) is 0.894. The van der Waals surface area contributed by atoms with Crippen molar-refractivity contribution in [2.45, 2.75) is 32.5 Å². The van der Waals surface area contributed by atoms with E-state index >= 15 is 0 Å². The van der Waals surface area contributed by atoms with Crippen molar-refractivity contribution in [2.75, 3.05) is 24.6 Å². The zero-order valence-electron chi connectivity index (χ0n) is 14.2. The number of pyridine rings is 1. The number of aromatic nitrogens is 1. The van der Waals surface area contributed by atoms with Crippen LogP contribution in [0.25, 0.3) is 0 Å². The fraction of sp³-hybridized carbons (Fsp3) is 0.421. The predicted molar refractivity (Wildman–Crippen MR) is 98.6 cm³/mol. The van der Waals surface area contributed by atoms with E-state index in [1.165, 1.54) is 11.1 Å². The molecule has 1 aromatic carbocycles. The summed E-state index contributed by atoms with van der Waals surface area (Å²) in [5, 5.41) is 4.29. The van der Waals surface area contributed by atoms with Crippen molar-refractivity contribution in [3.8, 4) is 0 Å². The number of nitrogens with one attached hydrogen (secondary N) is 1. The van der Waals surface area contributed by atoms with Gasteiger partial charge in [-0.05, 0) is 43.2 Å². The number of benzene rings is 1. The van der Waals surface area contributed by atoms with Gasteiger partial charge in [0, 0.05) is 36.9 Å². The Kier molecular flexibility index (Phi) is 5.72. The fourth-order valence-corrected chi connectivity index (χ4v) is 3.10. The van der Waals surface area contributed by atoms with Crippen LogP contribution in [-0.2, 0) is 11.3 Å². The molecule has 4 nitrogen and oxygen atoms in total. The van der Waals surface area contributed by atoms with Gasteiger partial charge in [0.05, 0.1) is 12.7 Å². The highest BCUT2D eigenvalue weighted by Crippen LogP contribution is 2.19. The van der Waals surface area contributed by atoms with Crippen LogP contribution in [0.4, 0.5) is 5.82 Å². The molecular formula is C19H24ClN3O. The van der Waals surface area contributed by atoms with Crippen LogP contribution in [0.5, 0.6) is 0 Å². The van der Waals surface area contributed by atoms with Gasteiger partial charge in [-0.3, -0.25) is 0 Å². The van der Waals surface area contributed by atoms with Crippen LogP contribution in [-0.4, -0.2) is 30.8 Å². The molecule has 2 atom stereocenters. The number of nitrogens with zero attached hydrogens (tertiary/aromatic N) is 2. The second-order valence-electron chi connectivity index (χ2n) is 6.31. The first-order chi connectivity index (χ1) is 11.6. The van der Waals surface area contributed by atoms with E-state index in [-0.39, 0.29) is 12.1 Å². The Bertz CT molecular complexity index is 662. The van der Waals surface area contributed by atoms with E-state index in [9.17, 15) is 0 Å². The van der Waals surface area contributed by atoms with Gasteiger partial charge in [-0.25, -0.2) is 4.98 Å². The third kappa shape index (κ3) is 4.47. The number of anilines is 1. The maximum atomic E-state index is 6.06. The highest BCUT2D eigenvalue weighted by atomic mass is 35.5. The Morgan fingerprint density at radius 2 is 2.25 bits per heavy atom. The smallest absolute Gasteiger partial charge is 0.128 e. The van der Waals surface area contributed by atoms with Crippen molar-refractivity contribution >= 4 is 17.4 Å². The van der Waals surface area contributed by atoms with Gasteiger partial charge in [-0.2, -0.15) is 0 Å². The van der Waals surface area contributed by atoms with Crippen LogP contribution in [0.2, 0.25) is 5.02 Å². The Morgan fingerprint density at radius 3 is 2.96 bits per heavy atom. The molecule has 0 bridgehead atoms. The maximum absolute atomic E-state index is 6.06. The summed E-state index contributed by atoms with van der Waals surface area (Å²) >= 11 is 6.06. The van der Waals surface area contributed by atoms with Gasteiger partial charge >= 0.3 is 0 Å². The minimum absolute atomic E-state index is 0.239. The molecule has 2 heterocycles. The molecule has 1 aliphatic heterocycles. The summed E-state index contributed by atoms with van der Waals surface area (Å²) in [7, 11) is 0. The molecule has 1 aliphatic rings. The molecule has 0 unspecified atom stereocenters. The zero-order valence-corrected chi connectivity index (χ0v) is 15.0. The monoisotopic (exact) mass is 345 g/mol. The first-order valence-electron chi connectivity index (χ1n) is 8.42. The molecule has 1 N–H and O–H groups in total. The van der Waals surface area contributed by atoms with Crippen molar-refractivity contribution in [3.63, 3.8) is 0 Å². The summed E-state index contributed by atoms with van der Waals surface area (Å²) in [6.45, 7) is 7.59. The largest absolute Gasteiger partial charge is 0.375 e. The van der Waals surface area contributed by atoms with Crippen LogP contribution in [0.1, 0.15) is 31.0 Å². The van der Waals surface area contributed by atoms with E-state index in [0.717, 1.165) is 37.1 Å². The average molecular weight is 346 g/mol. The van der Waals surface area contributed by atoms with Gasteiger partial charge < -0.3 is 15.0 Å². The fourth-order valence-electron chi connectivity index (χ4n) is 2.90. The molecule has 128 valence electrons. The van der Waals surface area contributed by atoms with Crippen molar-refractivity contribution in [2.24, 2.45) is 0 Å². The first-order valence-corrected chi connectivity index (χ1v) is 8.80. The Balaban J connectivity index is 1.56. The summed E-state index contributed by atoms with van der Waals surface area (Å²) in [4.78, 5) is 6.89. The molecule has 0 radical (unpaired) electrons. The maximum Gasteiger partial charge on any atom is 0.128 e. The lowest BCUT2D eigenvalue weighted by Gasteiger charge is -2.32. The van der Waals surface area contributed by atoms with E-state index < -0.39 is 0 Å². The van der Waals surface area contributed by atoms with Crippen LogP contribution < -0.4 is 10.2 Å². The SMILES string of the molecule is C[C@@H]1CN(c2ccc(CN[C@H](C)c3cccc(Cl)c3)cn2)CCO1. The molecule has 1 aromatic heterocycles. The Labute approximate surface area is 148 Å². The van der Waals surface area contributed by atoms with Gasteiger partial charge in [0.15, 0.2) is 0 Å². The van der Waals surface area contributed by atoms with E-state index in [1.54, 1.807) is 0 Å². The zero-order chi connectivity index (χ0) is 16.9. The molecule has 3 rings (SSSR count). The third-order valence-electron chi connectivity index (χ3n) is 4.34. The van der Waals surface area contributed by atoms with Gasteiger partial charge in [0.25, 0.3) is 0 Å². The first kappa shape index (κ1) is 17.2. The standard InChI is InChI=1S/C19H24ClN3O/c1-14-13-23(8-9-24-14)19-7-6-16(12-22-19)11-21-15(2)17-4-3-5-18(20)10-17/h3-7,10,12,14-15,21H,8-9,11,13H2,1-2H3/t14-,15-/m1/s1. The lowest BCUT2D eigenvalue weighted by atomic mass is 10.1. The van der Waals surface area contributed by atoms with E-state index in [4.69, 9.17) is 16.3 Å². The summed E-state index contributed by atoms with van der Waals surface area (Å²) in [5.74, 6) is 1.02. The van der Waals surface area contributed by atoms with E-state index in [2.05, 4.69) is 47.2 Å². The number of hydrogen-bond donors (Lipinski definition) is 1. The number of rotatable bonds is 5. The van der Waals surface area contributed by atoms with E-state index in [0.29, 0.717) is 0 Å². The van der Waals surface area contributed by atoms with Crippen LogP contribution in [0.3, 0.4) is 0 Å². The molecular weight excluding hydrogens is 322 g/mol. The highest BCUT2D eigenvalue weighted by molar-refractivity contribution is 6.30. The number of ether oxygens (including phenoxy) is 1. The molecule has 24 heavy (non-hydrogen) atoms. The summed E-state index contributed by atoms with van der Waals surface area (Å²) in [6.07, 6.45) is 2.22. The van der Waals surface area contributed by atoms with Crippen LogP contribution in [0, 0.1) is 0 Å². The lowest BCUT2D eigenvalue weighted by molar-refractivity contribution is 0.0529. The van der Waals surface area contributed by atoms with Gasteiger partial charge in [0.2, 0.25) is 0 Å². The lowest BCUT2D eigenvalue weighted by Crippen LogP contribution is -2.41. The molecule has 0 aliphatic carbocycles. The van der Waals surface area contributed by atoms with Crippen molar-refractivity contribution in [1.29, 1.82) is 0 Å². The molecule has 1 fully saturated rings. The molecule has 0 spiro atoms. The van der Waals surface area contributed by atoms with Crippen molar-refractivity contribution in [3.05, 3.63) is 58.7 Å². The highest BCUT2D eigenvalue weighted by Gasteiger charge is 2.17. The summed E-state index contributed by atoms with van der Waals surface area (Å²) in [6, 6.07) is 12.4. The molecule has 0 amide bonds. The van der Waals surface area contributed by atoms with Crippen LogP contribution >= 0.6 is 11.6 Å². The Morgan fingerprint density at radius 1 is 1.38 bits per heavy atom. The Hall–Kier alpha value is -1.62. The minimum Gasteiger partial charge on any atom is -0.375 e. The average Bonchev–Trinajstić information content (AvgIpc) is 2.60. The minimum atomic E-state index is 0.239.